The van der Waals surface area contributed by atoms with Crippen molar-refractivity contribution >= 4 is 10.0 Å². The van der Waals surface area contributed by atoms with Gasteiger partial charge in [-0.1, -0.05) is 19.8 Å². The fraction of sp³-hybridized carbons (Fsp3) is 0.727. The topological polar surface area (TPSA) is 74.8 Å². The third-order valence-electron chi connectivity index (χ3n) is 2.97. The fourth-order valence-electron chi connectivity index (χ4n) is 1.89. The number of H-pyrrole nitrogens is 1. The van der Waals surface area contributed by atoms with E-state index in [1.165, 1.54) is 19.0 Å². The Hall–Kier alpha value is -0.880. The van der Waals surface area contributed by atoms with Crippen molar-refractivity contribution in [2.75, 3.05) is 0 Å². The molecule has 0 bridgehead atoms. The average Bonchev–Trinajstić information content (AvgIpc) is 2.92. The number of hydrogen-bond donors (Lipinski definition) is 2. The van der Waals surface area contributed by atoms with E-state index in [2.05, 4.69) is 14.7 Å². The maximum Gasteiger partial charge on any atom is 0.257 e. The molecular formula is C11H19N3O2S. The van der Waals surface area contributed by atoms with Crippen LogP contribution in [0.3, 0.4) is 0 Å². The summed E-state index contributed by atoms with van der Waals surface area (Å²) in [7, 11) is -3.43. The number of imidazole rings is 1. The van der Waals surface area contributed by atoms with Gasteiger partial charge in [0.05, 0.1) is 6.20 Å². The van der Waals surface area contributed by atoms with E-state index in [0.717, 1.165) is 6.42 Å². The highest BCUT2D eigenvalue weighted by atomic mass is 32.2. The zero-order valence-corrected chi connectivity index (χ0v) is 11.0. The first-order chi connectivity index (χ1) is 8.01. The standard InChI is InChI=1S/C11H19N3O2S/c1-3-10-12-7-11(13-10)17(15,16)14-8(2)6-9-4-5-9/h7-9,14H,3-6H2,1-2H3,(H,12,13). The van der Waals surface area contributed by atoms with Gasteiger partial charge in [-0.05, 0) is 19.3 Å². The summed E-state index contributed by atoms with van der Waals surface area (Å²) >= 11 is 0. The zero-order chi connectivity index (χ0) is 12.5. The first-order valence-corrected chi connectivity index (χ1v) is 7.55. The van der Waals surface area contributed by atoms with Crippen molar-refractivity contribution in [1.82, 2.24) is 14.7 Å². The Morgan fingerprint density at radius 3 is 2.82 bits per heavy atom. The molecule has 0 radical (unpaired) electrons. The summed E-state index contributed by atoms with van der Waals surface area (Å²) in [4.78, 5) is 6.82. The molecule has 96 valence electrons. The van der Waals surface area contributed by atoms with Crippen molar-refractivity contribution < 1.29 is 8.42 Å². The lowest BCUT2D eigenvalue weighted by atomic mass is 10.2. The van der Waals surface area contributed by atoms with Gasteiger partial charge in [-0.2, -0.15) is 0 Å². The first kappa shape index (κ1) is 12.6. The third-order valence-corrected chi connectivity index (χ3v) is 4.47. The highest BCUT2D eigenvalue weighted by Gasteiger charge is 2.26. The van der Waals surface area contributed by atoms with Crippen LogP contribution in [0, 0.1) is 5.92 Å². The SMILES string of the molecule is CCc1ncc(S(=O)(=O)NC(C)CC2CC2)[nH]1. The molecule has 1 saturated carbocycles. The van der Waals surface area contributed by atoms with E-state index in [1.807, 2.05) is 13.8 Å². The molecule has 1 unspecified atom stereocenters. The number of aromatic amines is 1. The lowest BCUT2D eigenvalue weighted by Crippen LogP contribution is -2.33. The summed E-state index contributed by atoms with van der Waals surface area (Å²) in [5.74, 6) is 1.40. The first-order valence-electron chi connectivity index (χ1n) is 6.07. The van der Waals surface area contributed by atoms with Crippen LogP contribution in [-0.2, 0) is 16.4 Å². The van der Waals surface area contributed by atoms with Gasteiger partial charge in [-0.15, -0.1) is 0 Å². The number of sulfonamides is 1. The van der Waals surface area contributed by atoms with Crippen LogP contribution in [0.25, 0.3) is 0 Å². The van der Waals surface area contributed by atoms with Crippen LogP contribution in [0.5, 0.6) is 0 Å². The van der Waals surface area contributed by atoms with Crippen molar-refractivity contribution in [3.8, 4) is 0 Å². The van der Waals surface area contributed by atoms with E-state index in [1.54, 1.807) is 0 Å². The molecule has 1 aromatic rings. The number of nitrogens with zero attached hydrogens (tertiary/aromatic N) is 1. The largest absolute Gasteiger partial charge is 0.332 e. The summed E-state index contributed by atoms with van der Waals surface area (Å²) in [5.41, 5.74) is 0. The minimum absolute atomic E-state index is 0.0131. The van der Waals surface area contributed by atoms with E-state index in [4.69, 9.17) is 0 Å². The third kappa shape index (κ3) is 3.29. The lowest BCUT2D eigenvalue weighted by Gasteiger charge is -2.12. The molecule has 1 aliphatic carbocycles. The summed E-state index contributed by atoms with van der Waals surface area (Å²) < 4.78 is 26.7. The second-order valence-electron chi connectivity index (χ2n) is 4.75. The van der Waals surface area contributed by atoms with Gasteiger partial charge in [0.25, 0.3) is 10.0 Å². The predicted molar refractivity (Wildman–Crippen MR) is 65.1 cm³/mol. The van der Waals surface area contributed by atoms with E-state index in [9.17, 15) is 8.42 Å². The van der Waals surface area contributed by atoms with Crippen molar-refractivity contribution in [2.24, 2.45) is 5.92 Å². The molecule has 6 heteroatoms. The Kier molecular flexibility index (Phi) is 3.53. The molecule has 1 fully saturated rings. The van der Waals surface area contributed by atoms with E-state index < -0.39 is 10.0 Å². The average molecular weight is 257 g/mol. The van der Waals surface area contributed by atoms with E-state index in [0.29, 0.717) is 18.2 Å². The molecule has 2 N–H and O–H groups in total. The number of rotatable bonds is 6. The number of hydrogen-bond acceptors (Lipinski definition) is 3. The van der Waals surface area contributed by atoms with Gasteiger partial charge in [-0.25, -0.2) is 18.1 Å². The van der Waals surface area contributed by atoms with Crippen LogP contribution in [0.4, 0.5) is 0 Å². The molecule has 0 saturated heterocycles. The molecule has 1 aliphatic rings. The number of nitrogens with one attached hydrogen (secondary N) is 2. The van der Waals surface area contributed by atoms with Gasteiger partial charge in [0.2, 0.25) is 0 Å². The van der Waals surface area contributed by atoms with Gasteiger partial charge in [0, 0.05) is 12.5 Å². The highest BCUT2D eigenvalue weighted by Crippen LogP contribution is 2.33. The van der Waals surface area contributed by atoms with E-state index >= 15 is 0 Å². The quantitative estimate of drug-likeness (QED) is 0.809. The van der Waals surface area contributed by atoms with Crippen LogP contribution >= 0.6 is 0 Å². The molecule has 0 amide bonds. The minimum atomic E-state index is -3.43. The predicted octanol–water partition coefficient (Wildman–Crippen LogP) is 1.44. The molecule has 17 heavy (non-hydrogen) atoms. The maximum atomic E-state index is 12.0. The van der Waals surface area contributed by atoms with Crippen molar-refractivity contribution in [1.29, 1.82) is 0 Å². The van der Waals surface area contributed by atoms with E-state index in [-0.39, 0.29) is 11.1 Å². The molecule has 0 spiro atoms. The summed E-state index contributed by atoms with van der Waals surface area (Å²) in [6.45, 7) is 3.84. The van der Waals surface area contributed by atoms with Gasteiger partial charge >= 0.3 is 0 Å². The second kappa shape index (κ2) is 4.78. The van der Waals surface area contributed by atoms with Crippen LogP contribution in [0.2, 0.25) is 0 Å². The van der Waals surface area contributed by atoms with Crippen molar-refractivity contribution in [2.45, 2.75) is 50.6 Å². The number of aromatic nitrogens is 2. The summed E-state index contributed by atoms with van der Waals surface area (Å²) in [6, 6.07) is -0.0131. The molecule has 1 aromatic heterocycles. The highest BCUT2D eigenvalue weighted by molar-refractivity contribution is 7.89. The van der Waals surface area contributed by atoms with Crippen LogP contribution in [0.1, 0.15) is 38.9 Å². The maximum absolute atomic E-state index is 12.0. The second-order valence-corrected chi connectivity index (χ2v) is 6.43. The molecule has 2 rings (SSSR count). The summed E-state index contributed by atoms with van der Waals surface area (Å²) in [5, 5.41) is 0.164. The Balaban J connectivity index is 2.01. The monoisotopic (exact) mass is 257 g/mol. The van der Waals surface area contributed by atoms with Crippen LogP contribution in [-0.4, -0.2) is 24.4 Å². The van der Waals surface area contributed by atoms with Gasteiger partial charge in [0.15, 0.2) is 5.03 Å². The lowest BCUT2D eigenvalue weighted by molar-refractivity contribution is 0.528. The Morgan fingerprint density at radius 2 is 2.29 bits per heavy atom. The van der Waals surface area contributed by atoms with Crippen molar-refractivity contribution in [3.63, 3.8) is 0 Å². The van der Waals surface area contributed by atoms with Crippen molar-refractivity contribution in [3.05, 3.63) is 12.0 Å². The number of aryl methyl sites for hydroxylation is 1. The molecular weight excluding hydrogens is 238 g/mol. The minimum Gasteiger partial charge on any atom is -0.332 e. The van der Waals surface area contributed by atoms with Gasteiger partial charge in [-0.3, -0.25) is 0 Å². The Labute approximate surface area is 102 Å². The zero-order valence-electron chi connectivity index (χ0n) is 10.2. The Bertz CT molecular complexity index is 477. The molecule has 1 heterocycles. The van der Waals surface area contributed by atoms with Crippen LogP contribution < -0.4 is 4.72 Å². The fourth-order valence-corrected chi connectivity index (χ4v) is 3.09. The van der Waals surface area contributed by atoms with Crippen LogP contribution in [0.15, 0.2) is 11.2 Å². The Morgan fingerprint density at radius 1 is 1.59 bits per heavy atom. The molecule has 5 nitrogen and oxygen atoms in total. The molecule has 1 atom stereocenters. The normalized spacial score (nSPS) is 18.2. The van der Waals surface area contributed by atoms with Gasteiger partial charge < -0.3 is 4.98 Å². The summed E-state index contributed by atoms with van der Waals surface area (Å²) in [6.07, 6.45) is 5.47. The molecule has 0 aromatic carbocycles. The van der Waals surface area contributed by atoms with Gasteiger partial charge in [0.1, 0.15) is 5.82 Å². The molecule has 0 aliphatic heterocycles. The smallest absolute Gasteiger partial charge is 0.257 e.